The Morgan fingerprint density at radius 1 is 1.44 bits per heavy atom. The Kier molecular flexibility index (Phi) is 4.49. The highest BCUT2D eigenvalue weighted by atomic mass is 79.9. The SMILES string of the molecule is CNCCCc1ncc(-c2cc(F)ccc2Br)o1. The van der Waals surface area contributed by atoms with Gasteiger partial charge in [0.25, 0.3) is 0 Å². The van der Waals surface area contributed by atoms with Gasteiger partial charge in [0.15, 0.2) is 11.7 Å². The minimum atomic E-state index is -0.290. The van der Waals surface area contributed by atoms with E-state index in [2.05, 4.69) is 26.2 Å². The van der Waals surface area contributed by atoms with Crippen molar-refractivity contribution in [3.8, 4) is 11.3 Å². The lowest BCUT2D eigenvalue weighted by Crippen LogP contribution is -2.08. The largest absolute Gasteiger partial charge is 0.441 e. The molecule has 0 saturated carbocycles. The van der Waals surface area contributed by atoms with Crippen LogP contribution < -0.4 is 5.32 Å². The molecule has 0 amide bonds. The number of oxazole rings is 1. The number of hydrogen-bond donors (Lipinski definition) is 1. The average molecular weight is 313 g/mol. The van der Waals surface area contributed by atoms with Crippen LogP contribution in [0.15, 0.2) is 33.3 Å². The molecular formula is C13H14BrFN2O. The van der Waals surface area contributed by atoms with Crippen LogP contribution >= 0.6 is 15.9 Å². The number of aromatic nitrogens is 1. The molecule has 0 atom stereocenters. The van der Waals surface area contributed by atoms with Crippen molar-refractivity contribution in [3.63, 3.8) is 0 Å². The van der Waals surface area contributed by atoms with Crippen molar-refractivity contribution in [2.45, 2.75) is 12.8 Å². The number of nitrogens with zero attached hydrogens (tertiary/aromatic N) is 1. The molecule has 96 valence electrons. The fraction of sp³-hybridized carbons (Fsp3) is 0.308. The molecule has 2 aromatic rings. The van der Waals surface area contributed by atoms with Gasteiger partial charge in [0.05, 0.1) is 6.20 Å². The predicted octanol–water partition coefficient (Wildman–Crippen LogP) is 3.40. The molecule has 0 aliphatic rings. The molecule has 1 aromatic heterocycles. The van der Waals surface area contributed by atoms with E-state index in [4.69, 9.17) is 4.42 Å². The molecule has 0 saturated heterocycles. The highest BCUT2D eigenvalue weighted by Crippen LogP contribution is 2.29. The number of hydrogen-bond acceptors (Lipinski definition) is 3. The van der Waals surface area contributed by atoms with Crippen LogP contribution in [0.5, 0.6) is 0 Å². The molecule has 0 unspecified atom stereocenters. The molecule has 0 aliphatic carbocycles. The summed E-state index contributed by atoms with van der Waals surface area (Å²) in [5.41, 5.74) is 0.683. The number of rotatable bonds is 5. The van der Waals surface area contributed by atoms with Crippen LogP contribution in [0.2, 0.25) is 0 Å². The zero-order valence-electron chi connectivity index (χ0n) is 10.0. The maximum Gasteiger partial charge on any atom is 0.194 e. The van der Waals surface area contributed by atoms with Gasteiger partial charge in [-0.3, -0.25) is 0 Å². The topological polar surface area (TPSA) is 38.1 Å². The first-order valence-corrected chi connectivity index (χ1v) is 6.54. The van der Waals surface area contributed by atoms with Gasteiger partial charge in [-0.15, -0.1) is 0 Å². The van der Waals surface area contributed by atoms with Crippen LogP contribution in [0.25, 0.3) is 11.3 Å². The number of halogens is 2. The lowest BCUT2D eigenvalue weighted by molar-refractivity contribution is 0.494. The molecule has 0 radical (unpaired) electrons. The van der Waals surface area contributed by atoms with Crippen LogP contribution in [0.3, 0.4) is 0 Å². The minimum absolute atomic E-state index is 0.290. The van der Waals surface area contributed by atoms with Gasteiger partial charge in [-0.1, -0.05) is 15.9 Å². The van der Waals surface area contributed by atoms with E-state index < -0.39 is 0 Å². The molecule has 2 rings (SSSR count). The van der Waals surface area contributed by atoms with Crippen molar-refractivity contribution >= 4 is 15.9 Å². The molecule has 0 fully saturated rings. The molecule has 0 bridgehead atoms. The summed E-state index contributed by atoms with van der Waals surface area (Å²) in [6, 6.07) is 4.49. The van der Waals surface area contributed by atoms with Crippen LogP contribution in [0.4, 0.5) is 4.39 Å². The van der Waals surface area contributed by atoms with Gasteiger partial charge in [0, 0.05) is 16.5 Å². The molecule has 5 heteroatoms. The number of aryl methyl sites for hydroxylation is 1. The minimum Gasteiger partial charge on any atom is -0.441 e. The van der Waals surface area contributed by atoms with Crippen molar-refractivity contribution in [2.75, 3.05) is 13.6 Å². The monoisotopic (exact) mass is 312 g/mol. The standard InChI is InChI=1S/C13H14BrFN2O/c1-16-6-2-3-13-17-8-12(18-13)10-7-9(15)4-5-11(10)14/h4-5,7-8,16H,2-3,6H2,1H3. The Labute approximate surface area is 114 Å². The summed E-state index contributed by atoms with van der Waals surface area (Å²) in [7, 11) is 1.91. The van der Waals surface area contributed by atoms with Crippen molar-refractivity contribution in [1.29, 1.82) is 0 Å². The van der Waals surface area contributed by atoms with Crippen molar-refractivity contribution < 1.29 is 8.81 Å². The molecule has 1 aromatic carbocycles. The summed E-state index contributed by atoms with van der Waals surface area (Å²) in [6.45, 7) is 0.918. The van der Waals surface area contributed by atoms with Gasteiger partial charge in [-0.2, -0.15) is 0 Å². The zero-order valence-corrected chi connectivity index (χ0v) is 11.6. The van der Waals surface area contributed by atoms with Crippen LogP contribution in [0, 0.1) is 5.82 Å². The Morgan fingerprint density at radius 2 is 2.28 bits per heavy atom. The Morgan fingerprint density at radius 3 is 3.06 bits per heavy atom. The van der Waals surface area contributed by atoms with E-state index in [0.29, 0.717) is 17.2 Å². The summed E-state index contributed by atoms with van der Waals surface area (Å²) >= 11 is 3.38. The molecule has 1 heterocycles. The maximum absolute atomic E-state index is 13.2. The summed E-state index contributed by atoms with van der Waals surface area (Å²) in [6.07, 6.45) is 3.36. The molecular weight excluding hydrogens is 299 g/mol. The van der Waals surface area contributed by atoms with E-state index in [9.17, 15) is 4.39 Å². The third kappa shape index (κ3) is 3.17. The van der Waals surface area contributed by atoms with Crippen LogP contribution in [-0.2, 0) is 6.42 Å². The highest BCUT2D eigenvalue weighted by Gasteiger charge is 2.10. The summed E-state index contributed by atoms with van der Waals surface area (Å²) in [5.74, 6) is 0.971. The molecule has 0 spiro atoms. The van der Waals surface area contributed by atoms with Crippen molar-refractivity contribution in [2.24, 2.45) is 0 Å². The second-order valence-electron chi connectivity index (χ2n) is 3.95. The zero-order chi connectivity index (χ0) is 13.0. The number of benzene rings is 1. The predicted molar refractivity (Wildman–Crippen MR) is 71.8 cm³/mol. The van der Waals surface area contributed by atoms with E-state index in [0.717, 1.165) is 23.9 Å². The van der Waals surface area contributed by atoms with E-state index in [1.807, 2.05) is 7.05 Å². The van der Waals surface area contributed by atoms with E-state index >= 15 is 0 Å². The van der Waals surface area contributed by atoms with Gasteiger partial charge in [-0.25, -0.2) is 9.37 Å². The van der Waals surface area contributed by atoms with Crippen LogP contribution in [-0.4, -0.2) is 18.6 Å². The fourth-order valence-electron chi connectivity index (χ4n) is 1.65. The molecule has 1 N–H and O–H groups in total. The summed E-state index contributed by atoms with van der Waals surface area (Å²) in [4.78, 5) is 4.20. The average Bonchev–Trinajstić information content (AvgIpc) is 2.81. The Balaban J connectivity index is 2.16. The van der Waals surface area contributed by atoms with E-state index in [1.54, 1.807) is 12.3 Å². The highest BCUT2D eigenvalue weighted by molar-refractivity contribution is 9.10. The second kappa shape index (κ2) is 6.11. The first kappa shape index (κ1) is 13.2. The number of nitrogens with one attached hydrogen (secondary N) is 1. The van der Waals surface area contributed by atoms with Crippen LogP contribution in [0.1, 0.15) is 12.3 Å². The third-order valence-electron chi connectivity index (χ3n) is 2.56. The lowest BCUT2D eigenvalue weighted by atomic mass is 10.2. The van der Waals surface area contributed by atoms with Gasteiger partial charge in [0.1, 0.15) is 5.82 Å². The van der Waals surface area contributed by atoms with E-state index in [-0.39, 0.29) is 5.82 Å². The smallest absolute Gasteiger partial charge is 0.194 e. The van der Waals surface area contributed by atoms with Gasteiger partial charge < -0.3 is 9.73 Å². The molecule has 0 aliphatic heterocycles. The lowest BCUT2D eigenvalue weighted by Gasteiger charge is -2.00. The normalized spacial score (nSPS) is 10.8. The van der Waals surface area contributed by atoms with Crippen molar-refractivity contribution in [3.05, 3.63) is 40.6 Å². The second-order valence-corrected chi connectivity index (χ2v) is 4.80. The third-order valence-corrected chi connectivity index (χ3v) is 3.26. The Hall–Kier alpha value is -1.20. The quantitative estimate of drug-likeness (QED) is 0.860. The summed E-state index contributed by atoms with van der Waals surface area (Å²) < 4.78 is 19.6. The fourth-order valence-corrected chi connectivity index (χ4v) is 2.10. The van der Waals surface area contributed by atoms with Gasteiger partial charge in [-0.05, 0) is 38.2 Å². The van der Waals surface area contributed by atoms with Gasteiger partial charge in [0.2, 0.25) is 0 Å². The van der Waals surface area contributed by atoms with E-state index in [1.165, 1.54) is 12.1 Å². The Bertz CT molecular complexity index is 527. The van der Waals surface area contributed by atoms with Gasteiger partial charge >= 0.3 is 0 Å². The van der Waals surface area contributed by atoms with Crippen molar-refractivity contribution in [1.82, 2.24) is 10.3 Å². The maximum atomic E-state index is 13.2. The first-order chi connectivity index (χ1) is 8.70. The molecule has 3 nitrogen and oxygen atoms in total. The first-order valence-electron chi connectivity index (χ1n) is 5.75. The summed E-state index contributed by atoms with van der Waals surface area (Å²) in [5, 5.41) is 3.07. The molecule has 18 heavy (non-hydrogen) atoms.